The van der Waals surface area contributed by atoms with Crippen LogP contribution in [0.15, 0.2) is 31.4 Å². The monoisotopic (exact) mass is 191 g/mol. The zero-order valence-corrected chi connectivity index (χ0v) is 8.17. The van der Waals surface area contributed by atoms with Crippen molar-refractivity contribution in [2.45, 2.75) is 6.92 Å². The van der Waals surface area contributed by atoms with Gasteiger partial charge in [0.05, 0.1) is 5.69 Å². The molecule has 1 aromatic carbocycles. The molecule has 2 rings (SSSR count). The second kappa shape index (κ2) is 4.46. The summed E-state index contributed by atoms with van der Waals surface area (Å²) >= 11 is 0. The fourth-order valence-corrected chi connectivity index (χ4v) is 1.20. The van der Waals surface area contributed by atoms with E-state index < -0.39 is 0 Å². The number of amides is 1. The number of hydrogen-bond donors (Lipinski definition) is 1. The Morgan fingerprint density at radius 3 is 2.86 bits per heavy atom. The largest absolute Gasteiger partial charge is 0.482 e. The number of anilines is 1. The van der Waals surface area contributed by atoms with Gasteiger partial charge in [0.25, 0.3) is 5.91 Å². The van der Waals surface area contributed by atoms with E-state index in [1.807, 2.05) is 25.1 Å². The highest BCUT2D eigenvalue weighted by molar-refractivity contribution is 5.95. The zero-order valence-electron chi connectivity index (χ0n) is 8.17. The first-order valence-corrected chi connectivity index (χ1v) is 4.29. The lowest BCUT2D eigenvalue weighted by atomic mass is 10.2. The number of fused-ring (bicyclic) bond motifs is 1. The smallest absolute Gasteiger partial charge is 0.262 e. The van der Waals surface area contributed by atoms with Crippen LogP contribution in [0.5, 0.6) is 5.75 Å². The van der Waals surface area contributed by atoms with Crippen molar-refractivity contribution in [3.05, 3.63) is 36.9 Å². The van der Waals surface area contributed by atoms with Crippen LogP contribution in [-0.2, 0) is 4.79 Å². The summed E-state index contributed by atoms with van der Waals surface area (Å²) < 4.78 is 5.18. The third-order valence-electron chi connectivity index (χ3n) is 1.77. The van der Waals surface area contributed by atoms with Crippen LogP contribution in [-0.4, -0.2) is 12.5 Å². The Labute approximate surface area is 83.4 Å². The summed E-state index contributed by atoms with van der Waals surface area (Å²) in [6.07, 6.45) is 0. The molecule has 1 heterocycles. The molecule has 14 heavy (non-hydrogen) atoms. The number of rotatable bonds is 0. The molecule has 1 amide bonds. The molecule has 0 atom stereocenters. The molecular weight excluding hydrogens is 178 g/mol. The van der Waals surface area contributed by atoms with Crippen LogP contribution in [0.1, 0.15) is 5.56 Å². The Bertz CT molecular complexity index is 347. The summed E-state index contributed by atoms with van der Waals surface area (Å²) in [4.78, 5) is 10.9. The molecule has 0 radical (unpaired) electrons. The lowest BCUT2D eigenvalue weighted by Gasteiger charge is -2.17. The first kappa shape index (κ1) is 10.3. The maximum atomic E-state index is 10.9. The number of carbonyl (C=O) groups excluding carboxylic acids is 1. The van der Waals surface area contributed by atoms with Gasteiger partial charge in [0, 0.05) is 0 Å². The fraction of sp³-hybridized carbons (Fsp3) is 0.182. The standard InChI is InChI=1S/C9H9NO2.C2H4/c1-6-2-3-8-7(4-6)10-9(11)5-12-8;1-2/h2-4H,5H2,1H3,(H,10,11);1-2H2. The molecule has 1 aromatic rings. The molecule has 0 bridgehead atoms. The van der Waals surface area contributed by atoms with Gasteiger partial charge >= 0.3 is 0 Å². The minimum absolute atomic E-state index is 0.0897. The van der Waals surface area contributed by atoms with Crippen LogP contribution in [0.2, 0.25) is 0 Å². The minimum Gasteiger partial charge on any atom is -0.482 e. The fourth-order valence-electron chi connectivity index (χ4n) is 1.20. The van der Waals surface area contributed by atoms with E-state index >= 15 is 0 Å². The van der Waals surface area contributed by atoms with E-state index in [9.17, 15) is 4.79 Å². The van der Waals surface area contributed by atoms with E-state index in [0.29, 0.717) is 0 Å². The Hall–Kier alpha value is -1.77. The summed E-state index contributed by atoms with van der Waals surface area (Å²) in [6, 6.07) is 5.72. The first-order valence-electron chi connectivity index (χ1n) is 4.29. The molecule has 0 fully saturated rings. The van der Waals surface area contributed by atoms with Crippen molar-refractivity contribution >= 4 is 11.6 Å². The van der Waals surface area contributed by atoms with E-state index in [0.717, 1.165) is 17.0 Å². The molecule has 1 aliphatic rings. The Morgan fingerprint density at radius 2 is 2.14 bits per heavy atom. The normalized spacial score (nSPS) is 12.8. The van der Waals surface area contributed by atoms with Crippen molar-refractivity contribution in [1.82, 2.24) is 0 Å². The SMILES string of the molecule is C=C.Cc1ccc2c(c1)NC(=O)CO2. The highest BCUT2D eigenvalue weighted by Crippen LogP contribution is 2.27. The molecule has 0 saturated carbocycles. The van der Waals surface area contributed by atoms with Crippen molar-refractivity contribution in [1.29, 1.82) is 0 Å². The van der Waals surface area contributed by atoms with Crippen molar-refractivity contribution in [3.8, 4) is 5.75 Å². The maximum absolute atomic E-state index is 10.9. The summed E-state index contributed by atoms with van der Waals surface area (Å²) in [5.41, 5.74) is 1.88. The number of carbonyl (C=O) groups is 1. The number of benzene rings is 1. The van der Waals surface area contributed by atoms with Crippen molar-refractivity contribution in [2.75, 3.05) is 11.9 Å². The third kappa shape index (κ3) is 2.13. The van der Waals surface area contributed by atoms with Gasteiger partial charge in [-0.05, 0) is 24.6 Å². The third-order valence-corrected chi connectivity index (χ3v) is 1.77. The lowest BCUT2D eigenvalue weighted by molar-refractivity contribution is -0.118. The van der Waals surface area contributed by atoms with Gasteiger partial charge in [-0.3, -0.25) is 4.79 Å². The Kier molecular flexibility index (Phi) is 3.29. The van der Waals surface area contributed by atoms with E-state index in [-0.39, 0.29) is 12.5 Å². The van der Waals surface area contributed by atoms with Gasteiger partial charge in [-0.25, -0.2) is 0 Å². The van der Waals surface area contributed by atoms with Crippen molar-refractivity contribution in [3.63, 3.8) is 0 Å². The summed E-state index contributed by atoms with van der Waals surface area (Å²) in [5, 5.41) is 2.74. The Morgan fingerprint density at radius 1 is 1.43 bits per heavy atom. The predicted molar refractivity (Wildman–Crippen MR) is 56.6 cm³/mol. The molecular formula is C11H13NO2. The molecule has 0 aliphatic carbocycles. The highest BCUT2D eigenvalue weighted by atomic mass is 16.5. The van der Waals surface area contributed by atoms with E-state index in [1.54, 1.807) is 0 Å². The molecule has 74 valence electrons. The average molecular weight is 191 g/mol. The molecule has 3 nitrogen and oxygen atoms in total. The summed E-state index contributed by atoms with van der Waals surface area (Å²) in [5.74, 6) is 0.660. The van der Waals surface area contributed by atoms with Gasteiger partial charge in [-0.15, -0.1) is 13.2 Å². The maximum Gasteiger partial charge on any atom is 0.262 e. The minimum atomic E-state index is -0.0897. The molecule has 1 N–H and O–H groups in total. The van der Waals surface area contributed by atoms with Crippen molar-refractivity contribution in [2.24, 2.45) is 0 Å². The molecule has 0 spiro atoms. The van der Waals surface area contributed by atoms with Crippen LogP contribution in [0.4, 0.5) is 5.69 Å². The summed E-state index contributed by atoms with van der Waals surface area (Å²) in [6.45, 7) is 8.09. The molecule has 3 heteroatoms. The second-order valence-electron chi connectivity index (χ2n) is 2.84. The van der Waals surface area contributed by atoms with Crippen LogP contribution in [0.25, 0.3) is 0 Å². The molecule has 0 unspecified atom stereocenters. The van der Waals surface area contributed by atoms with Gasteiger partial charge in [-0.1, -0.05) is 6.07 Å². The predicted octanol–water partition coefficient (Wildman–Crippen LogP) is 2.13. The number of ether oxygens (including phenoxy) is 1. The zero-order chi connectivity index (χ0) is 10.6. The van der Waals surface area contributed by atoms with Crippen LogP contribution < -0.4 is 10.1 Å². The van der Waals surface area contributed by atoms with Gasteiger partial charge in [0.1, 0.15) is 5.75 Å². The van der Waals surface area contributed by atoms with Gasteiger partial charge in [0.15, 0.2) is 6.61 Å². The number of nitrogens with one attached hydrogen (secondary N) is 1. The first-order chi connectivity index (χ1) is 6.75. The van der Waals surface area contributed by atoms with Crippen LogP contribution in [0, 0.1) is 6.92 Å². The molecule has 1 aliphatic heterocycles. The van der Waals surface area contributed by atoms with Crippen LogP contribution >= 0.6 is 0 Å². The van der Waals surface area contributed by atoms with Gasteiger partial charge in [-0.2, -0.15) is 0 Å². The van der Waals surface area contributed by atoms with Gasteiger partial charge in [0.2, 0.25) is 0 Å². The highest BCUT2D eigenvalue weighted by Gasteiger charge is 2.14. The van der Waals surface area contributed by atoms with Crippen LogP contribution in [0.3, 0.4) is 0 Å². The second-order valence-corrected chi connectivity index (χ2v) is 2.84. The van der Waals surface area contributed by atoms with E-state index in [2.05, 4.69) is 18.5 Å². The summed E-state index contributed by atoms with van der Waals surface area (Å²) in [7, 11) is 0. The molecule has 0 aromatic heterocycles. The van der Waals surface area contributed by atoms with Crippen molar-refractivity contribution < 1.29 is 9.53 Å². The average Bonchev–Trinajstić information content (AvgIpc) is 2.20. The molecule has 0 saturated heterocycles. The van der Waals surface area contributed by atoms with Gasteiger partial charge < -0.3 is 10.1 Å². The topological polar surface area (TPSA) is 38.3 Å². The Balaban J connectivity index is 0.000000461. The van der Waals surface area contributed by atoms with E-state index in [4.69, 9.17) is 4.74 Å². The lowest BCUT2D eigenvalue weighted by Crippen LogP contribution is -2.25. The van der Waals surface area contributed by atoms with E-state index in [1.165, 1.54) is 0 Å². The number of aryl methyl sites for hydroxylation is 1. The quantitative estimate of drug-likeness (QED) is 0.638. The number of hydrogen-bond acceptors (Lipinski definition) is 2.